The molecule has 1 aromatic carbocycles. The normalized spacial score (nSPS) is 9.58. The molecule has 0 aliphatic carbocycles. The molecule has 0 amide bonds. The summed E-state index contributed by atoms with van der Waals surface area (Å²) in [4.78, 5) is 0. The molecule has 12 heavy (non-hydrogen) atoms. The van der Waals surface area contributed by atoms with Crippen LogP contribution in [-0.2, 0) is 0 Å². The van der Waals surface area contributed by atoms with Gasteiger partial charge in [0.2, 0.25) is 0 Å². The Hall–Kier alpha value is -0.0452. The molecule has 0 aliphatic rings. The fraction of sp³-hybridized carbons (Fsp3) is 0.111. The van der Waals surface area contributed by atoms with Crippen LogP contribution in [0.2, 0.25) is 0 Å². The number of hydrogen-bond donors (Lipinski definition) is 0. The van der Waals surface area contributed by atoms with E-state index < -0.39 is 0 Å². The first kappa shape index (κ1) is 14.5. The third kappa shape index (κ3) is 4.10. The number of hydrogen-bond acceptors (Lipinski definition) is 1. The molecular formula is C9H9Li2O. The minimum Gasteiger partial charge on any atom is -0.872 e. The molecule has 0 aliphatic heterocycles. The van der Waals surface area contributed by atoms with Crippen LogP contribution in [0.4, 0.5) is 0 Å². The molecule has 1 nitrogen and oxygen atoms in total. The first-order chi connectivity index (χ1) is 4.84. The minimum atomic E-state index is 0. The van der Waals surface area contributed by atoms with Crippen molar-refractivity contribution in [1.82, 2.24) is 0 Å². The molecule has 53 valence electrons. The molecule has 0 N–H and O–H groups in total. The van der Waals surface area contributed by atoms with E-state index in [0.717, 1.165) is 5.56 Å². The third-order valence-corrected chi connectivity index (χ3v) is 1.32. The van der Waals surface area contributed by atoms with E-state index in [1.807, 2.05) is 30.3 Å². The smallest absolute Gasteiger partial charge is 0.872 e. The van der Waals surface area contributed by atoms with Gasteiger partial charge in [0, 0.05) is 18.9 Å². The molecule has 0 atom stereocenters. The minimum absolute atomic E-state index is 0. The summed E-state index contributed by atoms with van der Waals surface area (Å²) in [5.74, 6) is 0.0839. The second-order valence-electron chi connectivity index (χ2n) is 2.02. The summed E-state index contributed by atoms with van der Waals surface area (Å²) >= 11 is 0. The average Bonchev–Trinajstić information content (AvgIpc) is 2.05. The predicted molar refractivity (Wildman–Crippen MR) is 45.8 cm³/mol. The van der Waals surface area contributed by atoms with Crippen LogP contribution in [0.15, 0.2) is 36.4 Å². The van der Waals surface area contributed by atoms with Gasteiger partial charge < -0.3 is 5.11 Å². The van der Waals surface area contributed by atoms with E-state index >= 15 is 0 Å². The van der Waals surface area contributed by atoms with Crippen LogP contribution in [0.25, 0.3) is 5.76 Å². The molecule has 0 saturated heterocycles. The Bertz CT molecular complexity index is 232. The quantitative estimate of drug-likeness (QED) is 0.334. The van der Waals surface area contributed by atoms with Gasteiger partial charge in [0.1, 0.15) is 0 Å². The SMILES string of the molecule is C/C=C(\[O-])c1ccccc1.[Li+].[Li]. The van der Waals surface area contributed by atoms with Crippen molar-refractivity contribution in [2.24, 2.45) is 0 Å². The maximum Gasteiger partial charge on any atom is 1.00 e. The molecule has 0 saturated carbocycles. The standard InChI is InChI=1S/C9H10O.2Li/c1-2-9(10)8-6-4-3-5-7-8;;/h2-7,10H,1H3;;/q;;+1/p-1/b9-2-;;. The zero-order chi connectivity index (χ0) is 7.40. The van der Waals surface area contributed by atoms with Crippen molar-refractivity contribution in [3.8, 4) is 0 Å². The van der Waals surface area contributed by atoms with Crippen molar-refractivity contribution in [3.63, 3.8) is 0 Å². The van der Waals surface area contributed by atoms with Crippen LogP contribution in [-0.4, -0.2) is 18.9 Å². The Morgan fingerprint density at radius 3 is 2.17 bits per heavy atom. The summed E-state index contributed by atoms with van der Waals surface area (Å²) in [7, 11) is 0. The van der Waals surface area contributed by atoms with E-state index in [9.17, 15) is 5.11 Å². The first-order valence-electron chi connectivity index (χ1n) is 3.23. The van der Waals surface area contributed by atoms with E-state index in [1.165, 1.54) is 0 Å². The molecule has 0 spiro atoms. The summed E-state index contributed by atoms with van der Waals surface area (Å²) in [5, 5.41) is 11.0. The number of rotatable bonds is 1. The Morgan fingerprint density at radius 2 is 1.75 bits per heavy atom. The predicted octanol–water partition coefficient (Wildman–Crippen LogP) is -1.97. The van der Waals surface area contributed by atoms with Crippen molar-refractivity contribution in [3.05, 3.63) is 42.0 Å². The molecule has 0 heterocycles. The second kappa shape index (κ2) is 7.60. The molecule has 0 unspecified atom stereocenters. The van der Waals surface area contributed by atoms with Crippen molar-refractivity contribution in [1.29, 1.82) is 0 Å². The fourth-order valence-corrected chi connectivity index (χ4v) is 0.769. The summed E-state index contributed by atoms with van der Waals surface area (Å²) in [5.41, 5.74) is 0.755. The van der Waals surface area contributed by atoms with Gasteiger partial charge in [-0.1, -0.05) is 36.4 Å². The van der Waals surface area contributed by atoms with E-state index in [1.54, 1.807) is 13.0 Å². The zero-order valence-electron chi connectivity index (χ0n) is 7.87. The zero-order valence-corrected chi connectivity index (χ0v) is 7.87. The maximum absolute atomic E-state index is 11.0. The fourth-order valence-electron chi connectivity index (χ4n) is 0.769. The van der Waals surface area contributed by atoms with Gasteiger partial charge in [-0.3, -0.25) is 0 Å². The number of allylic oxidation sites excluding steroid dienone is 1. The van der Waals surface area contributed by atoms with Crippen molar-refractivity contribution in [2.75, 3.05) is 0 Å². The summed E-state index contributed by atoms with van der Waals surface area (Å²) in [6.07, 6.45) is 1.56. The van der Waals surface area contributed by atoms with Gasteiger partial charge in [0.15, 0.2) is 0 Å². The summed E-state index contributed by atoms with van der Waals surface area (Å²) < 4.78 is 0. The van der Waals surface area contributed by atoms with Crippen LogP contribution in [0.1, 0.15) is 12.5 Å². The van der Waals surface area contributed by atoms with Gasteiger partial charge in [0.25, 0.3) is 0 Å². The molecule has 1 aromatic rings. The Morgan fingerprint density at radius 1 is 1.25 bits per heavy atom. The van der Waals surface area contributed by atoms with Crippen molar-refractivity contribution in [2.45, 2.75) is 6.92 Å². The van der Waals surface area contributed by atoms with Gasteiger partial charge in [-0.15, -0.1) is 5.76 Å². The monoisotopic (exact) mass is 147 g/mol. The molecule has 1 radical (unpaired) electrons. The van der Waals surface area contributed by atoms with Gasteiger partial charge in [-0.05, 0) is 12.5 Å². The average molecular weight is 147 g/mol. The van der Waals surface area contributed by atoms with Gasteiger partial charge in [0.05, 0.1) is 0 Å². The van der Waals surface area contributed by atoms with Gasteiger partial charge in [-0.2, -0.15) is 0 Å². The van der Waals surface area contributed by atoms with E-state index in [2.05, 4.69) is 0 Å². The summed E-state index contributed by atoms with van der Waals surface area (Å²) in [6.45, 7) is 1.75. The maximum atomic E-state index is 11.0. The molecule has 1 rings (SSSR count). The Kier molecular flexibility index (Phi) is 9.16. The van der Waals surface area contributed by atoms with Crippen LogP contribution >= 0.6 is 0 Å². The van der Waals surface area contributed by atoms with E-state index in [0.29, 0.717) is 0 Å². The molecule has 0 fully saturated rings. The summed E-state index contributed by atoms with van der Waals surface area (Å²) in [6, 6.07) is 9.23. The first-order valence-corrected chi connectivity index (χ1v) is 3.23. The van der Waals surface area contributed by atoms with Crippen LogP contribution < -0.4 is 24.0 Å². The van der Waals surface area contributed by atoms with Gasteiger partial charge in [-0.25, -0.2) is 0 Å². The van der Waals surface area contributed by atoms with Crippen molar-refractivity contribution >= 4 is 24.6 Å². The largest absolute Gasteiger partial charge is 1.00 e. The van der Waals surface area contributed by atoms with Crippen LogP contribution in [0, 0.1) is 0 Å². The van der Waals surface area contributed by atoms with Crippen molar-refractivity contribution < 1.29 is 24.0 Å². The molecule has 3 heteroatoms. The second-order valence-corrected chi connectivity index (χ2v) is 2.02. The molecule has 0 aromatic heterocycles. The van der Waals surface area contributed by atoms with Crippen LogP contribution in [0.3, 0.4) is 0 Å². The third-order valence-electron chi connectivity index (χ3n) is 1.32. The Balaban J connectivity index is 0. The Labute approximate surface area is 97.2 Å². The van der Waals surface area contributed by atoms with Crippen LogP contribution in [0.5, 0.6) is 0 Å². The molecule has 0 bridgehead atoms. The number of benzene rings is 1. The van der Waals surface area contributed by atoms with E-state index in [4.69, 9.17) is 0 Å². The molecular weight excluding hydrogens is 138 g/mol. The topological polar surface area (TPSA) is 23.1 Å². The van der Waals surface area contributed by atoms with Gasteiger partial charge >= 0.3 is 18.9 Å². The van der Waals surface area contributed by atoms with E-state index in [-0.39, 0.29) is 43.5 Å².